The first-order valence-corrected chi connectivity index (χ1v) is 12.1. The fraction of sp³-hybridized carbons (Fsp3) is 0.160. The van der Waals surface area contributed by atoms with Gasteiger partial charge in [0.2, 0.25) is 5.43 Å². The van der Waals surface area contributed by atoms with Crippen molar-refractivity contribution in [3.63, 3.8) is 0 Å². The van der Waals surface area contributed by atoms with Crippen LogP contribution in [0.25, 0.3) is 31.8 Å². The fourth-order valence-corrected chi connectivity index (χ4v) is 6.66. The molecule has 0 unspecified atom stereocenters. The predicted molar refractivity (Wildman–Crippen MR) is 130 cm³/mol. The van der Waals surface area contributed by atoms with Crippen LogP contribution in [0.2, 0.25) is 0 Å². The molecular weight excluding hydrogens is 440 g/mol. The number of aryl methyl sites for hydroxylation is 1. The lowest BCUT2D eigenvalue weighted by molar-refractivity contribution is 0.102. The lowest BCUT2D eigenvalue weighted by Crippen LogP contribution is -2.21. The van der Waals surface area contributed by atoms with Crippen LogP contribution in [-0.2, 0) is 12.8 Å². The summed E-state index contributed by atoms with van der Waals surface area (Å²) < 4.78 is 6.67. The van der Waals surface area contributed by atoms with E-state index in [1.54, 1.807) is 46.9 Å². The second-order valence-corrected chi connectivity index (χ2v) is 9.97. The number of para-hydroxylation sites is 2. The molecule has 1 aliphatic carbocycles. The Morgan fingerprint density at radius 3 is 2.72 bits per heavy atom. The zero-order chi connectivity index (χ0) is 21.7. The first kappa shape index (κ1) is 19.4. The van der Waals surface area contributed by atoms with E-state index in [0.29, 0.717) is 11.0 Å². The number of rotatable bonds is 3. The molecule has 0 saturated carbocycles. The number of amides is 1. The number of carbonyl (C=O) groups excluding carboxylic acids is 1. The van der Waals surface area contributed by atoms with E-state index in [-0.39, 0.29) is 11.0 Å². The van der Waals surface area contributed by atoms with Gasteiger partial charge in [-0.15, -0.1) is 22.7 Å². The predicted octanol–water partition coefficient (Wildman–Crippen LogP) is 6.26. The summed E-state index contributed by atoms with van der Waals surface area (Å²) in [5, 5.41) is 5.09. The van der Waals surface area contributed by atoms with E-state index in [2.05, 4.69) is 11.4 Å². The topological polar surface area (TPSA) is 72.2 Å². The Morgan fingerprint density at radius 2 is 1.81 bits per heavy atom. The highest BCUT2D eigenvalue weighted by molar-refractivity contribution is 7.23. The Labute approximate surface area is 191 Å². The number of fused-ring (bicyclic) bond motifs is 3. The summed E-state index contributed by atoms with van der Waals surface area (Å²) >= 11 is 3.24. The molecule has 158 valence electrons. The molecule has 0 saturated heterocycles. The van der Waals surface area contributed by atoms with Crippen molar-refractivity contribution in [1.29, 1.82) is 0 Å². The van der Waals surface area contributed by atoms with Gasteiger partial charge in [0.25, 0.3) is 5.91 Å². The zero-order valence-corrected chi connectivity index (χ0v) is 18.6. The minimum atomic E-state index is -0.453. The molecule has 5 nitrogen and oxygen atoms in total. The third kappa shape index (κ3) is 3.16. The average molecular weight is 459 g/mol. The molecular formula is C25H18N2O3S2. The van der Waals surface area contributed by atoms with Crippen LogP contribution in [0.4, 0.5) is 5.00 Å². The molecule has 0 fully saturated rings. The summed E-state index contributed by atoms with van der Waals surface area (Å²) in [4.78, 5) is 32.2. The maximum absolute atomic E-state index is 13.2. The van der Waals surface area contributed by atoms with Crippen LogP contribution >= 0.6 is 22.7 Å². The number of aromatic nitrogens is 1. The molecule has 0 atom stereocenters. The van der Waals surface area contributed by atoms with E-state index in [4.69, 9.17) is 9.40 Å². The number of nitrogens with zero attached hydrogens (tertiary/aromatic N) is 1. The Bertz CT molecular complexity index is 1530. The SMILES string of the molecule is O=C(Nc1sc2c(c1-c1nc3ccccc3s1)CCCC2)c1coc2ccccc2c1=O. The highest BCUT2D eigenvalue weighted by Gasteiger charge is 2.26. The summed E-state index contributed by atoms with van der Waals surface area (Å²) in [5.41, 5.74) is 3.38. The van der Waals surface area contributed by atoms with Crippen LogP contribution in [0.5, 0.6) is 0 Å². The van der Waals surface area contributed by atoms with Gasteiger partial charge >= 0.3 is 0 Å². The molecule has 1 amide bonds. The van der Waals surface area contributed by atoms with Gasteiger partial charge in [-0.2, -0.15) is 0 Å². The number of thiophene rings is 1. The Balaban J connectivity index is 1.45. The Morgan fingerprint density at radius 1 is 1.00 bits per heavy atom. The summed E-state index contributed by atoms with van der Waals surface area (Å²) in [7, 11) is 0. The van der Waals surface area contributed by atoms with Gasteiger partial charge in [0.1, 0.15) is 27.4 Å². The van der Waals surface area contributed by atoms with Crippen LogP contribution in [0.1, 0.15) is 33.6 Å². The van der Waals surface area contributed by atoms with Gasteiger partial charge in [-0.25, -0.2) is 4.98 Å². The normalized spacial score (nSPS) is 13.4. The van der Waals surface area contributed by atoms with Gasteiger partial charge in [0.15, 0.2) is 0 Å². The minimum Gasteiger partial charge on any atom is -0.463 e. The van der Waals surface area contributed by atoms with Crippen LogP contribution in [-0.4, -0.2) is 10.9 Å². The molecule has 32 heavy (non-hydrogen) atoms. The van der Waals surface area contributed by atoms with Crippen LogP contribution < -0.4 is 10.7 Å². The summed E-state index contributed by atoms with van der Waals surface area (Å²) in [6.45, 7) is 0. The van der Waals surface area contributed by atoms with E-state index in [1.165, 1.54) is 16.7 Å². The lowest BCUT2D eigenvalue weighted by Gasteiger charge is -2.11. The van der Waals surface area contributed by atoms with Gasteiger partial charge < -0.3 is 9.73 Å². The molecule has 3 aromatic heterocycles. The fourth-order valence-electron chi connectivity index (χ4n) is 4.26. The van der Waals surface area contributed by atoms with E-state index < -0.39 is 5.91 Å². The highest BCUT2D eigenvalue weighted by Crippen LogP contribution is 2.46. The summed E-state index contributed by atoms with van der Waals surface area (Å²) in [6.07, 6.45) is 5.51. The zero-order valence-electron chi connectivity index (χ0n) is 17.0. The minimum absolute atomic E-state index is 0.00493. The van der Waals surface area contributed by atoms with Gasteiger partial charge in [-0.3, -0.25) is 9.59 Å². The molecule has 0 bridgehead atoms. The maximum atomic E-state index is 13.2. The summed E-state index contributed by atoms with van der Waals surface area (Å²) in [5.74, 6) is -0.453. The van der Waals surface area contributed by atoms with Crippen molar-refractivity contribution in [3.8, 4) is 10.6 Å². The first-order chi connectivity index (χ1) is 15.7. The largest absolute Gasteiger partial charge is 0.463 e. The molecule has 0 radical (unpaired) electrons. The van der Waals surface area contributed by atoms with Crippen molar-refractivity contribution >= 4 is 54.8 Å². The monoisotopic (exact) mass is 458 g/mol. The number of hydrogen-bond acceptors (Lipinski definition) is 6. The maximum Gasteiger partial charge on any atom is 0.263 e. The van der Waals surface area contributed by atoms with Crippen molar-refractivity contribution in [2.24, 2.45) is 0 Å². The van der Waals surface area contributed by atoms with Gasteiger partial charge in [0, 0.05) is 10.4 Å². The van der Waals surface area contributed by atoms with Crippen molar-refractivity contribution in [3.05, 3.63) is 81.0 Å². The molecule has 2 aromatic carbocycles. The van der Waals surface area contributed by atoms with E-state index in [1.807, 2.05) is 18.2 Å². The van der Waals surface area contributed by atoms with E-state index in [9.17, 15) is 9.59 Å². The second kappa shape index (κ2) is 7.69. The second-order valence-electron chi connectivity index (χ2n) is 7.83. The van der Waals surface area contributed by atoms with Gasteiger partial charge in [-0.05, 0) is 55.5 Å². The highest BCUT2D eigenvalue weighted by atomic mass is 32.1. The van der Waals surface area contributed by atoms with Crippen molar-refractivity contribution in [2.45, 2.75) is 25.7 Å². The first-order valence-electron chi connectivity index (χ1n) is 10.5. The van der Waals surface area contributed by atoms with Crippen LogP contribution in [0, 0.1) is 0 Å². The smallest absolute Gasteiger partial charge is 0.263 e. The lowest BCUT2D eigenvalue weighted by atomic mass is 9.95. The molecule has 3 heterocycles. The average Bonchev–Trinajstić information content (AvgIpc) is 3.39. The van der Waals surface area contributed by atoms with Gasteiger partial charge in [0.05, 0.1) is 15.6 Å². The third-order valence-electron chi connectivity index (χ3n) is 5.83. The Kier molecular flexibility index (Phi) is 4.66. The van der Waals surface area contributed by atoms with E-state index in [0.717, 1.165) is 51.5 Å². The van der Waals surface area contributed by atoms with E-state index >= 15 is 0 Å². The number of benzene rings is 2. The molecule has 0 aliphatic heterocycles. The molecule has 1 N–H and O–H groups in total. The van der Waals surface area contributed by atoms with Crippen molar-refractivity contribution < 1.29 is 9.21 Å². The number of hydrogen-bond donors (Lipinski definition) is 1. The number of thiazole rings is 1. The molecule has 0 spiro atoms. The number of carbonyl (C=O) groups is 1. The molecule has 5 aromatic rings. The van der Waals surface area contributed by atoms with Crippen LogP contribution in [0.3, 0.4) is 0 Å². The molecule has 1 aliphatic rings. The Hall–Kier alpha value is -3.29. The number of nitrogens with one attached hydrogen (secondary N) is 1. The molecule has 6 rings (SSSR count). The third-order valence-corrected chi connectivity index (χ3v) is 8.09. The summed E-state index contributed by atoms with van der Waals surface area (Å²) in [6, 6.07) is 15.0. The molecule has 7 heteroatoms. The standard InChI is InChI=1S/C25H18N2O3S2/c28-22-14-7-1-4-10-18(14)30-13-16(22)23(29)27-25-21(15-8-2-5-11-19(15)31-25)24-26-17-9-3-6-12-20(17)32-24/h1,3-4,6-7,9-10,12-13H,2,5,8,11H2,(H,27,29). The number of anilines is 1. The van der Waals surface area contributed by atoms with Crippen molar-refractivity contribution in [1.82, 2.24) is 4.98 Å². The van der Waals surface area contributed by atoms with Crippen LogP contribution in [0.15, 0.2) is 64.0 Å². The van der Waals surface area contributed by atoms with Gasteiger partial charge in [-0.1, -0.05) is 24.3 Å². The quantitative estimate of drug-likeness (QED) is 0.346. The van der Waals surface area contributed by atoms with Crippen molar-refractivity contribution in [2.75, 3.05) is 5.32 Å².